The highest BCUT2D eigenvalue weighted by Gasteiger charge is 2.09. The van der Waals surface area contributed by atoms with Crippen molar-refractivity contribution in [1.82, 2.24) is 15.0 Å². The molecule has 6 heteroatoms. The summed E-state index contributed by atoms with van der Waals surface area (Å²) >= 11 is 6.02. The summed E-state index contributed by atoms with van der Waals surface area (Å²) in [7, 11) is 0. The number of carboxylic acids is 1. The highest BCUT2D eigenvalue weighted by atomic mass is 35.5. The van der Waals surface area contributed by atoms with E-state index in [4.69, 9.17) is 16.7 Å². The second kappa shape index (κ2) is 4.97. The minimum Gasteiger partial charge on any atom is -0.481 e. The van der Waals surface area contributed by atoms with Gasteiger partial charge in [0.25, 0.3) is 0 Å². The highest BCUT2D eigenvalue weighted by molar-refractivity contribution is 6.31. The smallest absolute Gasteiger partial charge is 0.309 e. The normalized spacial score (nSPS) is 10.4. The van der Waals surface area contributed by atoms with Crippen LogP contribution < -0.4 is 0 Å². The topological polar surface area (TPSA) is 68.0 Å². The van der Waals surface area contributed by atoms with Crippen molar-refractivity contribution in [3.05, 3.63) is 46.7 Å². The molecule has 88 valence electrons. The lowest BCUT2D eigenvalue weighted by Gasteiger charge is -2.06. The fraction of sp³-hybridized carbons (Fsp3) is 0.182. The zero-order valence-corrected chi connectivity index (χ0v) is 9.63. The van der Waals surface area contributed by atoms with Crippen LogP contribution in [0.1, 0.15) is 11.3 Å². The van der Waals surface area contributed by atoms with Gasteiger partial charge in [-0.15, -0.1) is 5.10 Å². The fourth-order valence-electron chi connectivity index (χ4n) is 1.49. The van der Waals surface area contributed by atoms with Gasteiger partial charge in [0, 0.05) is 5.02 Å². The van der Waals surface area contributed by atoms with Crippen LogP contribution >= 0.6 is 11.6 Å². The molecule has 1 N–H and O–H groups in total. The first-order valence-corrected chi connectivity index (χ1v) is 5.37. The van der Waals surface area contributed by atoms with E-state index in [1.807, 2.05) is 18.2 Å². The largest absolute Gasteiger partial charge is 0.481 e. The van der Waals surface area contributed by atoms with Crippen LogP contribution in [0.3, 0.4) is 0 Å². The Morgan fingerprint density at radius 2 is 2.18 bits per heavy atom. The zero-order chi connectivity index (χ0) is 12.3. The molecule has 0 aliphatic carbocycles. The number of carboxylic acid groups (broad SMARTS) is 1. The van der Waals surface area contributed by atoms with Crippen molar-refractivity contribution in [3.63, 3.8) is 0 Å². The fourth-order valence-corrected chi connectivity index (χ4v) is 1.69. The number of halogens is 1. The number of hydrogen-bond donors (Lipinski definition) is 1. The van der Waals surface area contributed by atoms with E-state index in [0.717, 1.165) is 5.56 Å². The number of rotatable bonds is 4. The molecule has 0 spiro atoms. The minimum absolute atomic E-state index is 0.0997. The molecule has 2 rings (SSSR count). The first-order valence-electron chi connectivity index (χ1n) is 4.99. The lowest BCUT2D eigenvalue weighted by molar-refractivity contribution is -0.136. The average molecular weight is 252 g/mol. The van der Waals surface area contributed by atoms with Gasteiger partial charge in [-0.25, -0.2) is 4.68 Å². The van der Waals surface area contributed by atoms with Crippen molar-refractivity contribution >= 4 is 17.6 Å². The van der Waals surface area contributed by atoms with Crippen LogP contribution in [0.25, 0.3) is 0 Å². The maximum absolute atomic E-state index is 10.6. The molecule has 0 unspecified atom stereocenters. The standard InChI is InChI=1S/C11H10ClN3O2/c12-10-4-2-1-3-8(10)7-15-9(5-11(16)17)6-13-14-15/h1-4,6H,5,7H2,(H,16,17). The number of hydrogen-bond acceptors (Lipinski definition) is 3. The Balaban J connectivity index is 2.22. The van der Waals surface area contributed by atoms with Gasteiger partial charge >= 0.3 is 5.97 Å². The Bertz CT molecular complexity index is 539. The number of aliphatic carboxylic acids is 1. The van der Waals surface area contributed by atoms with E-state index in [9.17, 15) is 4.79 Å². The van der Waals surface area contributed by atoms with Gasteiger partial charge in [-0.3, -0.25) is 4.79 Å². The Kier molecular flexibility index (Phi) is 3.39. The van der Waals surface area contributed by atoms with E-state index in [1.54, 1.807) is 6.07 Å². The predicted molar refractivity (Wildman–Crippen MR) is 61.9 cm³/mol. The van der Waals surface area contributed by atoms with Crippen LogP contribution in [0.2, 0.25) is 5.02 Å². The van der Waals surface area contributed by atoms with Gasteiger partial charge in [-0.05, 0) is 11.6 Å². The van der Waals surface area contributed by atoms with E-state index in [0.29, 0.717) is 17.3 Å². The van der Waals surface area contributed by atoms with E-state index >= 15 is 0 Å². The SMILES string of the molecule is O=C(O)Cc1cnnn1Cc1ccccc1Cl. The van der Waals surface area contributed by atoms with Gasteiger partial charge in [0.2, 0.25) is 0 Å². The van der Waals surface area contributed by atoms with Gasteiger partial charge in [0.15, 0.2) is 0 Å². The molecule has 1 aromatic heterocycles. The van der Waals surface area contributed by atoms with E-state index < -0.39 is 5.97 Å². The summed E-state index contributed by atoms with van der Waals surface area (Å²) in [4.78, 5) is 10.6. The third-order valence-electron chi connectivity index (χ3n) is 2.31. The number of benzene rings is 1. The van der Waals surface area contributed by atoms with Crippen molar-refractivity contribution in [1.29, 1.82) is 0 Å². The van der Waals surface area contributed by atoms with Crippen LogP contribution in [0.4, 0.5) is 0 Å². The van der Waals surface area contributed by atoms with Crippen LogP contribution in [-0.2, 0) is 17.8 Å². The maximum atomic E-state index is 10.6. The second-order valence-corrected chi connectivity index (χ2v) is 3.95. The molecule has 5 nitrogen and oxygen atoms in total. The molecule has 0 aliphatic rings. The molecule has 1 aromatic carbocycles. The molecule has 0 fully saturated rings. The van der Waals surface area contributed by atoms with Gasteiger partial charge in [-0.1, -0.05) is 35.0 Å². The molecule has 0 saturated carbocycles. The summed E-state index contributed by atoms with van der Waals surface area (Å²) in [5.74, 6) is -0.910. The quantitative estimate of drug-likeness (QED) is 0.896. The number of aromatic nitrogens is 3. The molecule has 0 bridgehead atoms. The lowest BCUT2D eigenvalue weighted by Crippen LogP contribution is -2.10. The maximum Gasteiger partial charge on any atom is 0.309 e. The van der Waals surface area contributed by atoms with E-state index in [-0.39, 0.29) is 6.42 Å². The molecule has 0 atom stereocenters. The zero-order valence-electron chi connectivity index (χ0n) is 8.88. The molecule has 0 amide bonds. The Labute approximate surface area is 103 Å². The van der Waals surface area contributed by atoms with Crippen molar-refractivity contribution in [2.24, 2.45) is 0 Å². The number of carbonyl (C=O) groups is 1. The highest BCUT2D eigenvalue weighted by Crippen LogP contribution is 2.16. The average Bonchev–Trinajstić information content (AvgIpc) is 2.68. The Morgan fingerprint density at radius 3 is 2.88 bits per heavy atom. The molecule has 0 aliphatic heterocycles. The van der Waals surface area contributed by atoms with Crippen LogP contribution in [0.15, 0.2) is 30.5 Å². The third-order valence-corrected chi connectivity index (χ3v) is 2.68. The first kappa shape index (κ1) is 11.6. The molecule has 0 radical (unpaired) electrons. The molecule has 17 heavy (non-hydrogen) atoms. The van der Waals surface area contributed by atoms with Gasteiger partial charge in [0.1, 0.15) is 0 Å². The van der Waals surface area contributed by atoms with Crippen LogP contribution in [-0.4, -0.2) is 26.1 Å². The van der Waals surface area contributed by atoms with Gasteiger partial charge in [0.05, 0.1) is 24.9 Å². The van der Waals surface area contributed by atoms with Crippen molar-refractivity contribution in [3.8, 4) is 0 Å². The summed E-state index contributed by atoms with van der Waals surface area (Å²) in [5, 5.41) is 16.9. The predicted octanol–water partition coefficient (Wildman–Crippen LogP) is 1.61. The lowest BCUT2D eigenvalue weighted by atomic mass is 10.2. The summed E-state index contributed by atoms with van der Waals surface area (Å²) < 4.78 is 1.54. The van der Waals surface area contributed by atoms with Gasteiger partial charge < -0.3 is 5.11 Å². The van der Waals surface area contributed by atoms with Gasteiger partial charge in [-0.2, -0.15) is 0 Å². The van der Waals surface area contributed by atoms with E-state index in [1.165, 1.54) is 10.9 Å². The third kappa shape index (κ3) is 2.82. The molecular weight excluding hydrogens is 242 g/mol. The summed E-state index contributed by atoms with van der Waals surface area (Å²) in [6, 6.07) is 7.36. The first-order chi connectivity index (χ1) is 8.16. The van der Waals surface area contributed by atoms with Crippen molar-refractivity contribution in [2.45, 2.75) is 13.0 Å². The van der Waals surface area contributed by atoms with Crippen molar-refractivity contribution < 1.29 is 9.90 Å². The minimum atomic E-state index is -0.910. The Morgan fingerprint density at radius 1 is 1.41 bits per heavy atom. The Hall–Kier alpha value is -1.88. The molecule has 2 aromatic rings. The van der Waals surface area contributed by atoms with Crippen LogP contribution in [0, 0.1) is 0 Å². The summed E-state index contributed by atoms with van der Waals surface area (Å²) in [6.45, 7) is 0.419. The molecular formula is C11H10ClN3O2. The summed E-state index contributed by atoms with van der Waals surface area (Å²) in [6.07, 6.45) is 1.35. The summed E-state index contributed by atoms with van der Waals surface area (Å²) in [5.41, 5.74) is 1.43. The second-order valence-electron chi connectivity index (χ2n) is 3.54. The van der Waals surface area contributed by atoms with Crippen molar-refractivity contribution in [2.75, 3.05) is 0 Å². The monoisotopic (exact) mass is 251 g/mol. The van der Waals surface area contributed by atoms with E-state index in [2.05, 4.69) is 10.3 Å². The molecule has 0 saturated heterocycles. The number of nitrogens with zero attached hydrogens (tertiary/aromatic N) is 3. The molecule has 1 heterocycles. The van der Waals surface area contributed by atoms with Crippen LogP contribution in [0.5, 0.6) is 0 Å².